The number of amides is 3. The van der Waals surface area contributed by atoms with Crippen molar-refractivity contribution in [2.45, 2.75) is 58.4 Å². The minimum atomic E-state index is -0.553. The number of imidazole rings is 1. The van der Waals surface area contributed by atoms with Gasteiger partial charge in [-0.3, -0.25) is 19.0 Å². The number of ether oxygens (including phenoxy) is 2. The lowest BCUT2D eigenvalue weighted by molar-refractivity contribution is 0.101. The molecule has 0 saturated carbocycles. The highest BCUT2D eigenvalue weighted by molar-refractivity contribution is 6.31. The fourth-order valence-electron chi connectivity index (χ4n) is 7.70. The van der Waals surface area contributed by atoms with Crippen molar-refractivity contribution in [3.63, 3.8) is 0 Å². The number of fused-ring (bicyclic) bond motifs is 2. The summed E-state index contributed by atoms with van der Waals surface area (Å²) in [7, 11) is 7.18. The van der Waals surface area contributed by atoms with Gasteiger partial charge < -0.3 is 40.3 Å². The average Bonchev–Trinajstić information content (AvgIpc) is 4.17. The summed E-state index contributed by atoms with van der Waals surface area (Å²) in [4.78, 5) is 52.6. The molecule has 68 heavy (non-hydrogen) atoms. The Kier molecular flexibility index (Phi) is 16.2. The summed E-state index contributed by atoms with van der Waals surface area (Å²) in [6.07, 6.45) is 13.7. The molecule has 0 aliphatic heterocycles. The fourth-order valence-corrected chi connectivity index (χ4v) is 8.06. The van der Waals surface area contributed by atoms with E-state index in [1.165, 1.54) is 59.7 Å². The molecule has 0 radical (unpaired) electrons. The Hall–Kier alpha value is -7.29. The molecule has 22 heteroatoms. The van der Waals surface area contributed by atoms with Crippen LogP contribution >= 0.6 is 23.2 Å². The van der Waals surface area contributed by atoms with Crippen LogP contribution in [-0.4, -0.2) is 62.2 Å². The second kappa shape index (κ2) is 22.0. The van der Waals surface area contributed by atoms with E-state index in [1.54, 1.807) is 64.2 Å². The van der Waals surface area contributed by atoms with Crippen LogP contribution in [0.5, 0.6) is 0 Å². The first kappa shape index (κ1) is 50.1. The first-order valence-corrected chi connectivity index (χ1v) is 21.5. The molecule has 5 aromatic heterocycles. The van der Waals surface area contributed by atoms with E-state index in [0.29, 0.717) is 47.0 Å². The zero-order valence-corrected chi connectivity index (χ0v) is 38.2. The average molecular weight is 976 g/mol. The number of carbonyl (C=O) groups is 4. The summed E-state index contributed by atoms with van der Waals surface area (Å²) < 4.78 is 44.8. The molecule has 2 aromatic carbocycles. The molecule has 0 bridgehead atoms. The Morgan fingerprint density at radius 2 is 1.25 bits per heavy atom. The Labute approximate surface area is 399 Å². The zero-order valence-electron chi connectivity index (χ0n) is 36.7. The maximum atomic E-state index is 13.4. The van der Waals surface area contributed by atoms with Gasteiger partial charge in [0.25, 0.3) is 11.8 Å². The van der Waals surface area contributed by atoms with Crippen molar-refractivity contribution in [1.82, 2.24) is 43.6 Å². The standard InChI is InChI=1S/C21H21ClFN5O3.C15H15ClFN3O.C9H10N4O2.CH4/c1-27-10-15-14(19(27)20(29)24-12-3-5-17(23)16(22)9-12)4-6-18(15)25-21(30)31-11-13-7-8-28(2)26-13;1-20-7-10-9(3-5-13(10)18)14(20)15(21)19-8-2-4-12(17)11(16)6-8;1-12-4-2-8(11-12)6-15-9(14)13-5-3-10-7-13;/h3,5,7-10,18H,4,6,11H2,1-2H3,(H,24,29)(H,25,30);2,4,6-7,13H,3,5,18H2,1H3,(H,19,21);2-5,7H,6H2,1H3;1H4. The minimum Gasteiger partial charge on any atom is -0.443 e. The number of benzene rings is 2. The molecule has 0 spiro atoms. The SMILES string of the molecule is C.Cn1cc2c(c1C(=O)Nc1ccc(F)c(Cl)c1)CCC2N.Cn1ccc(COC(=O)NC2CCc3c2cn(C)c3C(=O)Nc2ccc(F)c(Cl)c2)n1.Cn1ccc(COC(=O)n2ccnc2)n1. The quantitative estimate of drug-likeness (QED) is 0.109. The summed E-state index contributed by atoms with van der Waals surface area (Å²) in [5.74, 6) is -1.64. The molecule has 2 unspecified atom stereocenters. The molecule has 7 aromatic rings. The Bertz CT molecular complexity index is 2930. The second-order valence-corrected chi connectivity index (χ2v) is 16.5. The Morgan fingerprint density at radius 1 is 0.735 bits per heavy atom. The van der Waals surface area contributed by atoms with Crippen molar-refractivity contribution in [3.05, 3.63) is 159 Å². The van der Waals surface area contributed by atoms with Crippen LogP contribution in [0.25, 0.3) is 0 Å². The first-order valence-electron chi connectivity index (χ1n) is 20.7. The number of hydrogen-bond donors (Lipinski definition) is 4. The topological polar surface area (TPSA) is 212 Å². The highest BCUT2D eigenvalue weighted by Gasteiger charge is 2.32. The van der Waals surface area contributed by atoms with Gasteiger partial charge in [0.1, 0.15) is 42.6 Å². The summed E-state index contributed by atoms with van der Waals surface area (Å²) >= 11 is 11.5. The number of alkyl carbamates (subject to hydrolysis) is 1. The van der Waals surface area contributed by atoms with Gasteiger partial charge >= 0.3 is 12.2 Å². The third-order valence-electron chi connectivity index (χ3n) is 10.8. The second-order valence-electron chi connectivity index (χ2n) is 15.7. The number of nitrogens with two attached hydrogens (primary N) is 1. The van der Waals surface area contributed by atoms with E-state index in [0.717, 1.165) is 35.1 Å². The van der Waals surface area contributed by atoms with E-state index in [1.807, 2.05) is 19.4 Å². The number of aromatic nitrogens is 8. The lowest BCUT2D eigenvalue weighted by Gasteiger charge is -2.12. The highest BCUT2D eigenvalue weighted by atomic mass is 35.5. The van der Waals surface area contributed by atoms with Crippen LogP contribution in [0.4, 0.5) is 29.7 Å². The van der Waals surface area contributed by atoms with Crippen molar-refractivity contribution < 1.29 is 37.4 Å². The lowest BCUT2D eigenvalue weighted by atomic mass is 10.1. The number of anilines is 2. The van der Waals surface area contributed by atoms with Crippen LogP contribution in [0.2, 0.25) is 10.0 Å². The molecule has 9 rings (SSSR count). The van der Waals surface area contributed by atoms with Gasteiger partial charge in [0.15, 0.2) is 0 Å². The van der Waals surface area contributed by atoms with Gasteiger partial charge in [-0.15, -0.1) is 0 Å². The van der Waals surface area contributed by atoms with Gasteiger partial charge in [0.2, 0.25) is 0 Å². The van der Waals surface area contributed by atoms with Gasteiger partial charge in [-0.05, 0) is 96.5 Å². The molecule has 0 fully saturated rings. The number of nitrogens with one attached hydrogen (secondary N) is 3. The molecule has 2 atom stereocenters. The Morgan fingerprint density at radius 3 is 1.75 bits per heavy atom. The fraction of sp³-hybridized carbons (Fsp3) is 0.283. The van der Waals surface area contributed by atoms with Crippen molar-refractivity contribution in [1.29, 1.82) is 0 Å². The van der Waals surface area contributed by atoms with Crippen LogP contribution in [0, 0.1) is 11.6 Å². The van der Waals surface area contributed by atoms with Crippen LogP contribution < -0.4 is 21.7 Å². The highest BCUT2D eigenvalue weighted by Crippen LogP contribution is 2.36. The number of carbonyl (C=O) groups excluding carboxylic acids is 4. The molecular formula is C46H50Cl2F2N12O6. The summed E-state index contributed by atoms with van der Waals surface area (Å²) in [5.41, 5.74) is 13.1. The van der Waals surface area contributed by atoms with E-state index in [-0.39, 0.29) is 54.6 Å². The van der Waals surface area contributed by atoms with Crippen LogP contribution in [0.3, 0.4) is 0 Å². The summed E-state index contributed by atoms with van der Waals surface area (Å²) in [6, 6.07) is 11.4. The van der Waals surface area contributed by atoms with Gasteiger partial charge in [0, 0.05) is 82.8 Å². The van der Waals surface area contributed by atoms with E-state index in [2.05, 4.69) is 31.1 Å². The van der Waals surface area contributed by atoms with E-state index in [4.69, 9.17) is 38.4 Å². The van der Waals surface area contributed by atoms with E-state index < -0.39 is 23.8 Å². The minimum absolute atomic E-state index is 0. The van der Waals surface area contributed by atoms with Crippen LogP contribution in [0.15, 0.2) is 92.0 Å². The van der Waals surface area contributed by atoms with Gasteiger partial charge in [-0.2, -0.15) is 10.2 Å². The molecule has 5 N–H and O–H groups in total. The molecular weight excluding hydrogens is 925 g/mol. The van der Waals surface area contributed by atoms with Crippen molar-refractivity contribution in [3.8, 4) is 0 Å². The van der Waals surface area contributed by atoms with Crippen LogP contribution in [-0.2, 0) is 63.7 Å². The van der Waals surface area contributed by atoms with E-state index in [9.17, 15) is 28.0 Å². The van der Waals surface area contributed by atoms with Gasteiger partial charge in [0.05, 0.1) is 27.5 Å². The number of aryl methyl sites for hydroxylation is 4. The van der Waals surface area contributed by atoms with Crippen LogP contribution in [0.1, 0.15) is 87.0 Å². The maximum absolute atomic E-state index is 13.4. The first-order chi connectivity index (χ1) is 32.0. The molecule has 0 saturated heterocycles. The zero-order chi connectivity index (χ0) is 47.9. The third-order valence-corrected chi connectivity index (χ3v) is 11.4. The normalized spacial score (nSPS) is 14.2. The smallest absolute Gasteiger partial charge is 0.419 e. The summed E-state index contributed by atoms with van der Waals surface area (Å²) in [5, 5.41) is 16.5. The molecule has 2 aliphatic rings. The molecule has 18 nitrogen and oxygen atoms in total. The molecule has 3 amide bonds. The lowest BCUT2D eigenvalue weighted by Crippen LogP contribution is -2.27. The molecule has 2 aliphatic carbocycles. The van der Waals surface area contributed by atoms with Gasteiger partial charge in [-0.1, -0.05) is 30.6 Å². The summed E-state index contributed by atoms with van der Waals surface area (Å²) in [6.45, 7) is 0.243. The Balaban J connectivity index is 0.000000178. The van der Waals surface area contributed by atoms with E-state index >= 15 is 0 Å². The monoisotopic (exact) mass is 974 g/mol. The number of rotatable bonds is 9. The number of hydrogen-bond acceptors (Lipinski definition) is 10. The largest absolute Gasteiger partial charge is 0.443 e. The predicted octanol–water partition coefficient (Wildman–Crippen LogP) is 8.17. The van der Waals surface area contributed by atoms with Crippen molar-refractivity contribution >= 4 is 58.6 Å². The van der Waals surface area contributed by atoms with Crippen molar-refractivity contribution in [2.75, 3.05) is 10.6 Å². The van der Waals surface area contributed by atoms with Gasteiger partial charge in [-0.25, -0.2) is 27.9 Å². The third kappa shape index (κ3) is 12.0. The van der Waals surface area contributed by atoms with Crippen molar-refractivity contribution in [2.24, 2.45) is 33.9 Å². The number of halogens is 4. The maximum Gasteiger partial charge on any atom is 0.419 e. The predicted molar refractivity (Wildman–Crippen MR) is 250 cm³/mol. The molecule has 5 heterocycles. The number of nitrogens with zero attached hydrogens (tertiary/aromatic N) is 8. The molecule has 358 valence electrons.